The standard InChI is InChI=1S/C20H22N4O6S2/c1-12-17(32(26,27)23-14-7-6-13(28-2)10-15(14)29-3)11-16(31-12)18-21-19(30-22-18)20(25)24-8-4-5-9-24/h6-7,10-11,23H,4-5,8-9H2,1-3H3. The quantitative estimate of drug-likeness (QED) is 0.549. The van der Waals surface area contributed by atoms with Gasteiger partial charge in [0.2, 0.25) is 5.82 Å². The third-order valence-corrected chi connectivity index (χ3v) is 7.70. The molecule has 1 aliphatic rings. The molecule has 0 atom stereocenters. The van der Waals surface area contributed by atoms with E-state index in [2.05, 4.69) is 14.9 Å². The van der Waals surface area contributed by atoms with Crippen molar-refractivity contribution in [2.75, 3.05) is 32.0 Å². The summed E-state index contributed by atoms with van der Waals surface area (Å²) in [7, 11) is -0.975. The van der Waals surface area contributed by atoms with Crippen molar-refractivity contribution < 1.29 is 27.2 Å². The Morgan fingerprint density at radius 1 is 1.19 bits per heavy atom. The van der Waals surface area contributed by atoms with Gasteiger partial charge in [-0.05, 0) is 38.0 Å². The van der Waals surface area contributed by atoms with Gasteiger partial charge >= 0.3 is 11.8 Å². The van der Waals surface area contributed by atoms with E-state index >= 15 is 0 Å². The van der Waals surface area contributed by atoms with Crippen LogP contribution in [0.3, 0.4) is 0 Å². The van der Waals surface area contributed by atoms with E-state index in [1.54, 1.807) is 30.0 Å². The Morgan fingerprint density at radius 3 is 2.62 bits per heavy atom. The fraction of sp³-hybridized carbons (Fsp3) is 0.350. The summed E-state index contributed by atoms with van der Waals surface area (Å²) in [5.74, 6) is 0.623. The highest BCUT2D eigenvalue weighted by atomic mass is 32.2. The number of rotatable bonds is 7. The minimum atomic E-state index is -3.93. The Kier molecular flexibility index (Phi) is 6.07. The first-order valence-corrected chi connectivity index (χ1v) is 12.1. The number of sulfonamides is 1. The van der Waals surface area contributed by atoms with E-state index in [-0.39, 0.29) is 28.2 Å². The summed E-state index contributed by atoms with van der Waals surface area (Å²) < 4.78 is 44.2. The predicted octanol–water partition coefficient (Wildman–Crippen LogP) is 3.16. The van der Waals surface area contributed by atoms with E-state index in [4.69, 9.17) is 14.0 Å². The molecule has 32 heavy (non-hydrogen) atoms. The second-order valence-corrected chi connectivity index (χ2v) is 10.0. The number of anilines is 1. The van der Waals surface area contributed by atoms with Crippen LogP contribution in [0.4, 0.5) is 5.69 Å². The maximum absolute atomic E-state index is 13.1. The van der Waals surface area contributed by atoms with Crippen LogP contribution in [0.25, 0.3) is 10.7 Å². The van der Waals surface area contributed by atoms with E-state index in [9.17, 15) is 13.2 Å². The van der Waals surface area contributed by atoms with Crippen molar-refractivity contribution >= 4 is 33.0 Å². The minimum absolute atomic E-state index is 0.0765. The Balaban J connectivity index is 1.59. The number of benzene rings is 1. The number of nitrogens with one attached hydrogen (secondary N) is 1. The van der Waals surface area contributed by atoms with Crippen LogP contribution in [0.1, 0.15) is 28.4 Å². The lowest BCUT2D eigenvalue weighted by molar-refractivity contribution is 0.0743. The number of methoxy groups -OCH3 is 2. The van der Waals surface area contributed by atoms with E-state index in [1.165, 1.54) is 31.6 Å². The summed E-state index contributed by atoms with van der Waals surface area (Å²) >= 11 is 1.20. The van der Waals surface area contributed by atoms with Gasteiger partial charge in [0.25, 0.3) is 10.0 Å². The molecule has 1 aliphatic heterocycles. The molecule has 3 aromatic rings. The molecule has 1 fully saturated rings. The minimum Gasteiger partial charge on any atom is -0.497 e. The van der Waals surface area contributed by atoms with Crippen LogP contribution in [0, 0.1) is 6.92 Å². The molecule has 0 saturated carbocycles. The molecule has 0 radical (unpaired) electrons. The Bertz CT molecular complexity index is 1240. The highest BCUT2D eigenvalue weighted by Crippen LogP contribution is 2.35. The zero-order chi connectivity index (χ0) is 22.9. The van der Waals surface area contributed by atoms with Crippen molar-refractivity contribution in [3.05, 3.63) is 35.0 Å². The highest BCUT2D eigenvalue weighted by Gasteiger charge is 2.27. The smallest absolute Gasteiger partial charge is 0.316 e. The van der Waals surface area contributed by atoms with Gasteiger partial charge in [0.1, 0.15) is 16.4 Å². The fourth-order valence-corrected chi connectivity index (χ4v) is 5.98. The molecular weight excluding hydrogens is 456 g/mol. The molecule has 10 nitrogen and oxygen atoms in total. The molecule has 0 aliphatic carbocycles. The van der Waals surface area contributed by atoms with Crippen molar-refractivity contribution in [3.8, 4) is 22.2 Å². The maximum atomic E-state index is 13.1. The lowest BCUT2D eigenvalue weighted by Gasteiger charge is -2.12. The Morgan fingerprint density at radius 2 is 1.94 bits per heavy atom. The summed E-state index contributed by atoms with van der Waals surface area (Å²) in [6, 6.07) is 6.24. The first kappa shape index (κ1) is 22.1. The number of likely N-dealkylation sites (tertiary alicyclic amines) is 1. The van der Waals surface area contributed by atoms with Crippen molar-refractivity contribution in [2.45, 2.75) is 24.7 Å². The highest BCUT2D eigenvalue weighted by molar-refractivity contribution is 7.93. The van der Waals surface area contributed by atoms with E-state index in [0.717, 1.165) is 12.8 Å². The van der Waals surface area contributed by atoms with Gasteiger partial charge in [-0.15, -0.1) is 11.3 Å². The number of ether oxygens (including phenoxy) is 2. The van der Waals surface area contributed by atoms with Gasteiger partial charge in [0.15, 0.2) is 0 Å². The average molecular weight is 479 g/mol. The number of hydrogen-bond donors (Lipinski definition) is 1. The van der Waals surface area contributed by atoms with Crippen LogP contribution in [-0.2, 0) is 10.0 Å². The predicted molar refractivity (Wildman–Crippen MR) is 118 cm³/mol. The topological polar surface area (TPSA) is 124 Å². The van der Waals surface area contributed by atoms with Gasteiger partial charge in [-0.2, -0.15) is 4.98 Å². The summed E-state index contributed by atoms with van der Waals surface area (Å²) in [6.07, 6.45) is 1.90. The maximum Gasteiger partial charge on any atom is 0.316 e. The summed E-state index contributed by atoms with van der Waals surface area (Å²) in [6.45, 7) is 3.01. The molecule has 1 saturated heterocycles. The third-order valence-electron chi connectivity index (χ3n) is 5.04. The normalized spacial score (nSPS) is 13.9. The summed E-state index contributed by atoms with van der Waals surface area (Å²) in [5, 5.41) is 3.87. The van der Waals surface area contributed by atoms with Crippen molar-refractivity contribution in [1.29, 1.82) is 0 Å². The molecule has 1 amide bonds. The Labute approximate surface area is 189 Å². The number of thiophene rings is 1. The van der Waals surface area contributed by atoms with E-state index in [1.807, 2.05) is 0 Å². The van der Waals surface area contributed by atoms with Gasteiger partial charge < -0.3 is 18.9 Å². The van der Waals surface area contributed by atoms with Gasteiger partial charge in [0.05, 0.1) is 24.8 Å². The SMILES string of the molecule is COc1ccc(NS(=O)(=O)c2cc(-c3noc(C(=O)N4CCCC4)n3)sc2C)c(OC)c1. The zero-order valence-electron chi connectivity index (χ0n) is 17.7. The van der Waals surface area contributed by atoms with Crippen LogP contribution in [-0.4, -0.2) is 56.7 Å². The summed E-state index contributed by atoms with van der Waals surface area (Å²) in [4.78, 5) is 19.4. The van der Waals surface area contributed by atoms with Crippen molar-refractivity contribution in [2.24, 2.45) is 0 Å². The number of aromatic nitrogens is 2. The lowest BCUT2D eigenvalue weighted by atomic mass is 10.3. The second kappa shape index (κ2) is 8.79. The van der Waals surface area contributed by atoms with E-state index in [0.29, 0.717) is 34.3 Å². The molecule has 1 aromatic carbocycles. The van der Waals surface area contributed by atoms with Crippen molar-refractivity contribution in [3.63, 3.8) is 0 Å². The monoisotopic (exact) mass is 478 g/mol. The first-order chi connectivity index (χ1) is 15.3. The van der Waals surface area contributed by atoms with Crippen LogP contribution >= 0.6 is 11.3 Å². The van der Waals surface area contributed by atoms with E-state index < -0.39 is 10.0 Å². The average Bonchev–Trinajstić information content (AvgIpc) is 3.53. The first-order valence-electron chi connectivity index (χ1n) is 9.81. The molecule has 0 unspecified atom stereocenters. The number of aryl methyl sites for hydroxylation is 1. The van der Waals surface area contributed by atoms with Crippen LogP contribution < -0.4 is 14.2 Å². The second-order valence-electron chi connectivity index (χ2n) is 7.13. The molecular formula is C20H22N4O6S2. The van der Waals surface area contributed by atoms with Gasteiger partial charge in [0, 0.05) is 24.0 Å². The molecule has 4 rings (SSSR count). The number of nitrogens with zero attached hydrogens (tertiary/aromatic N) is 3. The molecule has 0 bridgehead atoms. The number of hydrogen-bond acceptors (Lipinski definition) is 9. The Hall–Kier alpha value is -3.12. The molecule has 3 heterocycles. The summed E-state index contributed by atoms with van der Waals surface area (Å²) in [5.41, 5.74) is 0.276. The van der Waals surface area contributed by atoms with Crippen LogP contribution in [0.2, 0.25) is 0 Å². The van der Waals surface area contributed by atoms with Crippen LogP contribution in [0.5, 0.6) is 11.5 Å². The number of amides is 1. The molecule has 2 aromatic heterocycles. The lowest BCUT2D eigenvalue weighted by Crippen LogP contribution is -2.27. The molecule has 0 spiro atoms. The molecule has 12 heteroatoms. The van der Waals surface area contributed by atoms with Gasteiger partial charge in [-0.25, -0.2) is 8.42 Å². The number of carbonyl (C=O) groups is 1. The number of carbonyl (C=O) groups excluding carboxylic acids is 1. The van der Waals surface area contributed by atoms with Gasteiger partial charge in [-0.3, -0.25) is 9.52 Å². The molecule has 1 N–H and O–H groups in total. The van der Waals surface area contributed by atoms with Gasteiger partial charge in [-0.1, -0.05) is 5.16 Å². The fourth-order valence-electron chi connectivity index (χ4n) is 3.39. The van der Waals surface area contributed by atoms with Crippen molar-refractivity contribution in [1.82, 2.24) is 15.0 Å². The van der Waals surface area contributed by atoms with Crippen LogP contribution in [0.15, 0.2) is 33.7 Å². The molecule has 170 valence electrons. The largest absolute Gasteiger partial charge is 0.497 e. The zero-order valence-corrected chi connectivity index (χ0v) is 19.4. The third kappa shape index (κ3) is 4.28.